The lowest BCUT2D eigenvalue weighted by Crippen LogP contribution is -2.53. The van der Waals surface area contributed by atoms with Crippen LogP contribution in [0.25, 0.3) is 0 Å². The lowest BCUT2D eigenvalue weighted by atomic mass is 10.00. The fourth-order valence-corrected chi connectivity index (χ4v) is 1.95. The van der Waals surface area contributed by atoms with E-state index in [4.69, 9.17) is 4.74 Å². The first-order valence-corrected chi connectivity index (χ1v) is 5.24. The molecule has 0 amide bonds. The van der Waals surface area contributed by atoms with E-state index in [-0.39, 0.29) is 17.8 Å². The lowest BCUT2D eigenvalue weighted by molar-refractivity contribution is -0.143. The summed E-state index contributed by atoms with van der Waals surface area (Å²) in [4.78, 5) is 13.3. The van der Waals surface area contributed by atoms with Crippen molar-refractivity contribution in [3.8, 4) is 0 Å². The minimum atomic E-state index is -0.281. The van der Waals surface area contributed by atoms with E-state index in [9.17, 15) is 9.18 Å². The van der Waals surface area contributed by atoms with Crippen molar-refractivity contribution in [3.05, 3.63) is 29.6 Å². The molecule has 0 aliphatic carbocycles. The third-order valence-corrected chi connectivity index (χ3v) is 2.97. The van der Waals surface area contributed by atoms with E-state index < -0.39 is 0 Å². The van der Waals surface area contributed by atoms with E-state index in [1.807, 2.05) is 11.8 Å². The van der Waals surface area contributed by atoms with Crippen LogP contribution in [0.2, 0.25) is 0 Å². The molecule has 0 aromatic heterocycles. The Morgan fingerprint density at radius 2 is 2.31 bits per heavy atom. The van der Waals surface area contributed by atoms with E-state index in [1.54, 1.807) is 6.07 Å². The number of carbonyl (C=O) groups is 1. The second-order valence-electron chi connectivity index (χ2n) is 3.95. The Kier molecular flexibility index (Phi) is 2.81. The van der Waals surface area contributed by atoms with Crippen LogP contribution in [0.1, 0.15) is 12.0 Å². The van der Waals surface area contributed by atoms with Crippen molar-refractivity contribution in [2.24, 2.45) is 0 Å². The first kappa shape index (κ1) is 10.9. The fraction of sp³-hybridized carbons (Fsp3) is 0.417. The monoisotopic (exact) mass is 223 g/mol. The summed E-state index contributed by atoms with van der Waals surface area (Å²) in [5.41, 5.74) is 1.75. The normalized spacial score (nSPS) is 19.2. The Morgan fingerprint density at radius 1 is 1.56 bits per heavy atom. The predicted molar refractivity (Wildman–Crippen MR) is 58.9 cm³/mol. The van der Waals surface area contributed by atoms with Crippen LogP contribution >= 0.6 is 0 Å². The van der Waals surface area contributed by atoms with E-state index >= 15 is 0 Å². The third kappa shape index (κ3) is 1.75. The largest absolute Gasteiger partial charge is 0.467 e. The number of esters is 1. The standard InChI is InChI=1S/C12H14FNO2/c1-8-3-4-9(13)7-11(8)14-6-5-10(14)12(15)16-2/h3-4,7,10H,5-6H2,1-2H3. The van der Waals surface area contributed by atoms with Gasteiger partial charge in [0.1, 0.15) is 11.9 Å². The Bertz CT molecular complexity index is 419. The summed E-state index contributed by atoms with van der Waals surface area (Å²) < 4.78 is 17.8. The van der Waals surface area contributed by atoms with Crippen LogP contribution in [-0.2, 0) is 9.53 Å². The molecule has 1 aromatic carbocycles. The average Bonchev–Trinajstić information content (AvgIpc) is 2.21. The summed E-state index contributed by atoms with van der Waals surface area (Å²) in [5.74, 6) is -0.536. The molecule has 1 aliphatic heterocycles. The van der Waals surface area contributed by atoms with Crippen LogP contribution in [0.3, 0.4) is 0 Å². The molecule has 0 radical (unpaired) electrons. The number of nitrogens with zero attached hydrogens (tertiary/aromatic N) is 1. The van der Waals surface area contributed by atoms with Crippen LogP contribution < -0.4 is 4.90 Å². The molecule has 1 aromatic rings. The maximum atomic E-state index is 13.1. The Morgan fingerprint density at radius 3 is 2.88 bits per heavy atom. The zero-order valence-corrected chi connectivity index (χ0v) is 9.37. The average molecular weight is 223 g/mol. The number of anilines is 1. The molecule has 0 N–H and O–H groups in total. The molecule has 1 saturated heterocycles. The van der Waals surface area contributed by atoms with Gasteiger partial charge in [-0.1, -0.05) is 6.07 Å². The second kappa shape index (κ2) is 4.12. The number of hydrogen-bond acceptors (Lipinski definition) is 3. The molecule has 0 spiro atoms. The maximum Gasteiger partial charge on any atom is 0.328 e. The van der Waals surface area contributed by atoms with Crippen LogP contribution in [-0.4, -0.2) is 25.7 Å². The van der Waals surface area contributed by atoms with Crippen molar-refractivity contribution in [3.63, 3.8) is 0 Å². The van der Waals surface area contributed by atoms with Crippen LogP contribution in [0.15, 0.2) is 18.2 Å². The second-order valence-corrected chi connectivity index (χ2v) is 3.95. The lowest BCUT2D eigenvalue weighted by Gasteiger charge is -2.41. The number of methoxy groups -OCH3 is 1. The van der Waals surface area contributed by atoms with Crippen molar-refractivity contribution in [2.75, 3.05) is 18.6 Å². The fourth-order valence-electron chi connectivity index (χ4n) is 1.95. The van der Waals surface area contributed by atoms with Gasteiger partial charge in [-0.2, -0.15) is 0 Å². The topological polar surface area (TPSA) is 29.5 Å². The highest BCUT2D eigenvalue weighted by molar-refractivity contribution is 5.82. The quantitative estimate of drug-likeness (QED) is 0.717. The van der Waals surface area contributed by atoms with E-state index in [0.717, 1.165) is 24.2 Å². The minimum Gasteiger partial charge on any atom is -0.467 e. The number of benzene rings is 1. The number of aryl methyl sites for hydroxylation is 1. The van der Waals surface area contributed by atoms with Crippen LogP contribution in [0.4, 0.5) is 10.1 Å². The smallest absolute Gasteiger partial charge is 0.328 e. The van der Waals surface area contributed by atoms with E-state index in [2.05, 4.69) is 0 Å². The van der Waals surface area contributed by atoms with Gasteiger partial charge in [0.05, 0.1) is 7.11 Å². The number of rotatable bonds is 2. The zero-order valence-electron chi connectivity index (χ0n) is 9.37. The first-order valence-electron chi connectivity index (χ1n) is 5.24. The summed E-state index contributed by atoms with van der Waals surface area (Å²) in [6.07, 6.45) is 0.766. The van der Waals surface area contributed by atoms with Gasteiger partial charge >= 0.3 is 5.97 Å². The molecular formula is C12H14FNO2. The number of hydrogen-bond donors (Lipinski definition) is 0. The van der Waals surface area contributed by atoms with E-state index in [0.29, 0.717) is 0 Å². The molecule has 1 fully saturated rings. The third-order valence-electron chi connectivity index (χ3n) is 2.97. The van der Waals surface area contributed by atoms with E-state index in [1.165, 1.54) is 19.2 Å². The summed E-state index contributed by atoms with van der Waals surface area (Å²) in [6.45, 7) is 2.67. The predicted octanol–water partition coefficient (Wildman–Crippen LogP) is 1.89. The first-order chi connectivity index (χ1) is 7.63. The summed E-state index contributed by atoms with van der Waals surface area (Å²) in [6, 6.07) is 4.35. The highest BCUT2D eigenvalue weighted by atomic mass is 19.1. The van der Waals surface area contributed by atoms with Crippen LogP contribution in [0, 0.1) is 12.7 Å². The van der Waals surface area contributed by atoms with Gasteiger partial charge < -0.3 is 9.64 Å². The van der Waals surface area contributed by atoms with Crippen molar-refractivity contribution < 1.29 is 13.9 Å². The Labute approximate surface area is 93.8 Å². The van der Waals surface area contributed by atoms with Crippen LogP contribution in [0.5, 0.6) is 0 Å². The summed E-state index contributed by atoms with van der Waals surface area (Å²) >= 11 is 0. The van der Waals surface area contributed by atoms with Gasteiger partial charge in [-0.15, -0.1) is 0 Å². The highest BCUT2D eigenvalue weighted by Gasteiger charge is 2.35. The molecule has 86 valence electrons. The van der Waals surface area contributed by atoms with Gasteiger partial charge in [0.15, 0.2) is 0 Å². The molecule has 0 saturated carbocycles. The molecular weight excluding hydrogens is 209 g/mol. The van der Waals surface area contributed by atoms with Gasteiger partial charge in [-0.3, -0.25) is 0 Å². The van der Waals surface area contributed by atoms with Gasteiger partial charge in [-0.05, 0) is 31.0 Å². The molecule has 1 aliphatic rings. The Hall–Kier alpha value is -1.58. The van der Waals surface area contributed by atoms with Gasteiger partial charge in [0.2, 0.25) is 0 Å². The molecule has 4 heteroatoms. The minimum absolute atomic E-state index is 0.255. The highest BCUT2D eigenvalue weighted by Crippen LogP contribution is 2.30. The van der Waals surface area contributed by atoms with Gasteiger partial charge in [0, 0.05) is 12.2 Å². The van der Waals surface area contributed by atoms with Crippen molar-refractivity contribution in [1.82, 2.24) is 0 Å². The van der Waals surface area contributed by atoms with Gasteiger partial charge in [0.25, 0.3) is 0 Å². The van der Waals surface area contributed by atoms with Crippen molar-refractivity contribution in [2.45, 2.75) is 19.4 Å². The number of ether oxygens (including phenoxy) is 1. The molecule has 0 bridgehead atoms. The Balaban J connectivity index is 2.24. The molecule has 16 heavy (non-hydrogen) atoms. The SMILES string of the molecule is COC(=O)C1CCN1c1cc(F)ccc1C. The summed E-state index contributed by atoms with van der Waals surface area (Å²) in [5, 5.41) is 0. The van der Waals surface area contributed by atoms with Gasteiger partial charge in [-0.25, -0.2) is 9.18 Å². The molecule has 2 rings (SSSR count). The zero-order chi connectivity index (χ0) is 11.7. The molecule has 1 heterocycles. The molecule has 1 unspecified atom stereocenters. The van der Waals surface area contributed by atoms with Crippen molar-refractivity contribution >= 4 is 11.7 Å². The maximum absolute atomic E-state index is 13.1. The summed E-state index contributed by atoms with van der Waals surface area (Å²) in [7, 11) is 1.37. The number of halogens is 1. The van der Waals surface area contributed by atoms with Crippen molar-refractivity contribution in [1.29, 1.82) is 0 Å². The number of carbonyl (C=O) groups excluding carboxylic acids is 1. The molecule has 1 atom stereocenters. The molecule has 3 nitrogen and oxygen atoms in total.